The van der Waals surface area contributed by atoms with E-state index in [1.807, 2.05) is 43.3 Å². The molecule has 1 aromatic heterocycles. The van der Waals surface area contributed by atoms with Gasteiger partial charge in [0.1, 0.15) is 23.2 Å². The van der Waals surface area contributed by atoms with Crippen molar-refractivity contribution in [2.24, 2.45) is 0 Å². The predicted molar refractivity (Wildman–Crippen MR) is 145 cm³/mol. The number of nitrogens with one attached hydrogen (secondary N) is 3. The molecule has 4 aromatic rings. The van der Waals surface area contributed by atoms with Gasteiger partial charge < -0.3 is 16.0 Å². The van der Waals surface area contributed by atoms with Gasteiger partial charge in [-0.3, -0.25) is 9.59 Å². The quantitative estimate of drug-likeness (QED) is 0.269. The van der Waals surface area contributed by atoms with Crippen LogP contribution in [0, 0.1) is 12.7 Å². The van der Waals surface area contributed by atoms with Crippen molar-refractivity contribution in [1.82, 2.24) is 9.78 Å². The van der Waals surface area contributed by atoms with Gasteiger partial charge in [-0.2, -0.15) is 5.10 Å². The SMILES string of the molecule is CC1=C(C(=O)Nc2ccccc2)[C@@H](c2cc(Br)ccc2F)n2ncc(C(=O)Nc3cccc(C)c3)c2N1. The molecule has 186 valence electrons. The fraction of sp³-hybridized carbons (Fsp3) is 0.107. The summed E-state index contributed by atoms with van der Waals surface area (Å²) < 4.78 is 17.3. The summed E-state index contributed by atoms with van der Waals surface area (Å²) in [6.45, 7) is 3.66. The van der Waals surface area contributed by atoms with E-state index in [1.165, 1.54) is 16.9 Å². The largest absolute Gasteiger partial charge is 0.343 e. The normalized spacial score (nSPS) is 14.5. The van der Waals surface area contributed by atoms with Crippen LogP contribution in [-0.4, -0.2) is 21.6 Å². The van der Waals surface area contributed by atoms with Gasteiger partial charge in [0, 0.05) is 27.1 Å². The number of aryl methyl sites for hydroxylation is 1. The molecule has 0 unspecified atom stereocenters. The van der Waals surface area contributed by atoms with Gasteiger partial charge in [0.2, 0.25) is 0 Å². The Kier molecular flexibility index (Phi) is 6.62. The summed E-state index contributed by atoms with van der Waals surface area (Å²) in [5.74, 6) is -0.922. The molecule has 1 aliphatic rings. The van der Waals surface area contributed by atoms with Crippen molar-refractivity contribution in [3.8, 4) is 0 Å². The average molecular weight is 560 g/mol. The lowest BCUT2D eigenvalue weighted by Gasteiger charge is -2.30. The Morgan fingerprint density at radius 2 is 1.68 bits per heavy atom. The molecule has 7 nitrogen and oxygen atoms in total. The van der Waals surface area contributed by atoms with Crippen LogP contribution >= 0.6 is 15.9 Å². The zero-order chi connectivity index (χ0) is 26.1. The Bertz CT molecular complexity index is 1550. The Hall–Kier alpha value is -4.24. The molecule has 2 heterocycles. The minimum atomic E-state index is -0.919. The third-order valence-corrected chi connectivity index (χ3v) is 6.57. The molecule has 0 spiro atoms. The number of carbonyl (C=O) groups is 2. The Labute approximate surface area is 221 Å². The fourth-order valence-corrected chi connectivity index (χ4v) is 4.75. The number of carbonyl (C=O) groups excluding carboxylic acids is 2. The van der Waals surface area contributed by atoms with Crippen molar-refractivity contribution in [1.29, 1.82) is 0 Å². The minimum absolute atomic E-state index is 0.239. The highest BCUT2D eigenvalue weighted by Crippen LogP contribution is 2.39. The zero-order valence-corrected chi connectivity index (χ0v) is 21.6. The summed E-state index contributed by atoms with van der Waals surface area (Å²) in [5, 5.41) is 13.4. The lowest BCUT2D eigenvalue weighted by Crippen LogP contribution is -2.32. The third kappa shape index (κ3) is 4.90. The number of amides is 2. The van der Waals surface area contributed by atoms with Crippen LogP contribution in [0.4, 0.5) is 21.6 Å². The molecule has 3 N–H and O–H groups in total. The summed E-state index contributed by atoms with van der Waals surface area (Å²) in [6.07, 6.45) is 1.42. The second kappa shape index (κ2) is 10.0. The van der Waals surface area contributed by atoms with Crippen molar-refractivity contribution in [3.63, 3.8) is 0 Å². The van der Waals surface area contributed by atoms with E-state index in [9.17, 15) is 9.59 Å². The highest BCUT2D eigenvalue weighted by molar-refractivity contribution is 9.10. The number of fused-ring (bicyclic) bond motifs is 1. The maximum absolute atomic E-state index is 15.2. The van der Waals surface area contributed by atoms with Crippen LogP contribution in [0.3, 0.4) is 0 Å². The molecule has 2 amide bonds. The second-order valence-electron chi connectivity index (χ2n) is 8.73. The number of para-hydroxylation sites is 1. The van der Waals surface area contributed by atoms with Crippen LogP contribution in [0.2, 0.25) is 0 Å². The lowest BCUT2D eigenvalue weighted by atomic mass is 9.94. The first-order valence-electron chi connectivity index (χ1n) is 11.6. The molecule has 0 fully saturated rings. The zero-order valence-electron chi connectivity index (χ0n) is 20.0. The van der Waals surface area contributed by atoms with Crippen LogP contribution in [0.1, 0.15) is 34.5 Å². The summed E-state index contributed by atoms with van der Waals surface area (Å²) in [6, 6.07) is 20.1. The number of aromatic nitrogens is 2. The highest BCUT2D eigenvalue weighted by Gasteiger charge is 2.36. The number of benzene rings is 3. The molecule has 37 heavy (non-hydrogen) atoms. The lowest BCUT2D eigenvalue weighted by molar-refractivity contribution is -0.113. The van der Waals surface area contributed by atoms with Gasteiger partial charge in [-0.25, -0.2) is 9.07 Å². The summed E-state index contributed by atoms with van der Waals surface area (Å²) >= 11 is 3.41. The molecule has 0 saturated heterocycles. The molecule has 0 radical (unpaired) electrons. The van der Waals surface area contributed by atoms with E-state index in [0.717, 1.165) is 5.56 Å². The van der Waals surface area contributed by atoms with Gasteiger partial charge in [0.15, 0.2) is 0 Å². The molecule has 0 bridgehead atoms. The molecular formula is C28H23BrFN5O2. The summed E-state index contributed by atoms with van der Waals surface area (Å²) in [7, 11) is 0. The van der Waals surface area contributed by atoms with Crippen LogP contribution in [0.15, 0.2) is 94.7 Å². The second-order valence-corrected chi connectivity index (χ2v) is 9.64. The smallest absolute Gasteiger partial charge is 0.261 e. The number of hydrogen-bond donors (Lipinski definition) is 3. The molecule has 3 aromatic carbocycles. The Balaban J connectivity index is 1.58. The van der Waals surface area contributed by atoms with Gasteiger partial charge in [-0.1, -0.05) is 46.3 Å². The molecule has 1 aliphatic heterocycles. The van der Waals surface area contributed by atoms with Crippen LogP contribution in [0.5, 0.6) is 0 Å². The monoisotopic (exact) mass is 559 g/mol. The molecule has 5 rings (SSSR count). The van der Waals surface area contributed by atoms with E-state index in [4.69, 9.17) is 0 Å². The van der Waals surface area contributed by atoms with Crippen molar-refractivity contribution in [2.75, 3.05) is 16.0 Å². The van der Waals surface area contributed by atoms with Crippen molar-refractivity contribution < 1.29 is 14.0 Å². The van der Waals surface area contributed by atoms with E-state index in [-0.39, 0.29) is 22.6 Å². The summed E-state index contributed by atoms with van der Waals surface area (Å²) in [5.41, 5.74) is 3.52. The first kappa shape index (κ1) is 24.5. The number of rotatable bonds is 5. The molecule has 0 saturated carbocycles. The first-order valence-corrected chi connectivity index (χ1v) is 12.4. The van der Waals surface area contributed by atoms with Gasteiger partial charge >= 0.3 is 0 Å². The molecule has 1 atom stereocenters. The van der Waals surface area contributed by atoms with E-state index in [1.54, 1.807) is 37.3 Å². The topological polar surface area (TPSA) is 88.0 Å². The number of halogens is 2. The highest BCUT2D eigenvalue weighted by atomic mass is 79.9. The maximum atomic E-state index is 15.2. The van der Waals surface area contributed by atoms with Crippen molar-refractivity contribution in [2.45, 2.75) is 19.9 Å². The van der Waals surface area contributed by atoms with Gasteiger partial charge in [0.25, 0.3) is 11.8 Å². The number of nitrogens with zero attached hydrogens (tertiary/aromatic N) is 2. The molecule has 0 aliphatic carbocycles. The van der Waals surface area contributed by atoms with E-state index < -0.39 is 17.8 Å². The third-order valence-electron chi connectivity index (χ3n) is 6.07. The maximum Gasteiger partial charge on any atom is 0.261 e. The van der Waals surface area contributed by atoms with Gasteiger partial charge in [-0.15, -0.1) is 0 Å². The van der Waals surface area contributed by atoms with E-state index >= 15 is 4.39 Å². The van der Waals surface area contributed by atoms with E-state index in [0.29, 0.717) is 27.4 Å². The molecular weight excluding hydrogens is 537 g/mol. The van der Waals surface area contributed by atoms with Crippen molar-refractivity contribution in [3.05, 3.63) is 117 Å². The van der Waals surface area contributed by atoms with Crippen molar-refractivity contribution >= 4 is 44.9 Å². The van der Waals surface area contributed by atoms with Crippen LogP contribution in [-0.2, 0) is 4.79 Å². The fourth-order valence-electron chi connectivity index (χ4n) is 4.37. The standard InChI is InChI=1S/C28H23BrFN5O2/c1-16-7-6-10-20(13-16)34-27(36)22-15-31-35-25(21-14-18(29)11-12-23(21)30)24(17(2)32-26(22)35)28(37)33-19-8-4-3-5-9-19/h3-15,25,32H,1-2H3,(H,33,37)(H,34,36)/t25-/m1/s1. The van der Waals surface area contributed by atoms with Crippen LogP contribution in [0.25, 0.3) is 0 Å². The Morgan fingerprint density at radius 1 is 0.946 bits per heavy atom. The number of anilines is 3. The van der Waals surface area contributed by atoms with Crippen LogP contribution < -0.4 is 16.0 Å². The predicted octanol–water partition coefficient (Wildman–Crippen LogP) is 6.27. The molecule has 9 heteroatoms. The van der Waals surface area contributed by atoms with Gasteiger partial charge in [-0.05, 0) is 61.9 Å². The Morgan fingerprint density at radius 3 is 2.43 bits per heavy atom. The first-order chi connectivity index (χ1) is 17.8. The number of hydrogen-bond acceptors (Lipinski definition) is 4. The van der Waals surface area contributed by atoms with Gasteiger partial charge in [0.05, 0.1) is 11.8 Å². The van der Waals surface area contributed by atoms with E-state index in [2.05, 4.69) is 37.0 Å². The minimum Gasteiger partial charge on any atom is -0.343 e. The summed E-state index contributed by atoms with van der Waals surface area (Å²) in [4.78, 5) is 26.7. The average Bonchev–Trinajstić information content (AvgIpc) is 3.29. The number of allylic oxidation sites excluding steroid dienone is 1.